The predicted molar refractivity (Wildman–Crippen MR) is 280 cm³/mol. The Hall–Kier alpha value is -6.84. The molecule has 0 saturated carbocycles. The van der Waals surface area contributed by atoms with Crippen molar-refractivity contribution >= 4 is 55.8 Å². The number of hydrogen-bond donors (Lipinski definition) is 0. The zero-order valence-corrected chi connectivity index (χ0v) is 39.3. The van der Waals surface area contributed by atoms with Crippen LogP contribution in [0, 0.1) is 0 Å². The van der Waals surface area contributed by atoms with Crippen LogP contribution >= 0.6 is 0 Å². The Balaban J connectivity index is 1.19. The van der Waals surface area contributed by atoms with Gasteiger partial charge in [0.2, 0.25) is 0 Å². The Morgan fingerprint density at radius 3 is 1.67 bits per heavy atom. The molecule has 66 heavy (non-hydrogen) atoms. The number of aryl methyl sites for hydroxylation is 2. The number of nitrogens with zero attached hydrogens (tertiary/aromatic N) is 2. The first-order valence-electron chi connectivity index (χ1n) is 24.3. The van der Waals surface area contributed by atoms with Crippen molar-refractivity contribution in [2.45, 2.75) is 84.5 Å². The highest BCUT2D eigenvalue weighted by Crippen LogP contribution is 2.62. The van der Waals surface area contributed by atoms with Gasteiger partial charge in [-0.25, -0.2) is 0 Å². The summed E-state index contributed by atoms with van der Waals surface area (Å²) in [5.74, 6) is 0. The standard InChI is InChI=1S/C63H53BN2/c1-9-36-32-45-46-33-37(10-2)35-52-59(46)66-57(45)50(34-36)63(47-19-13-11-16-42(47)43-17-12-14-20-48(43)63)49-30-31-53-55(60(49)66)64(52)51-21-15-18-44-54(38-22-26-40(27-23-38)61(3,4)5)56(65(53)58(44)51)39-24-28-41(29-25-39)62(6,7)8/h11-35H,9-10H2,1-8H3. The van der Waals surface area contributed by atoms with E-state index in [9.17, 15) is 0 Å². The third-order valence-electron chi connectivity index (χ3n) is 16.3. The van der Waals surface area contributed by atoms with Gasteiger partial charge in [-0.15, -0.1) is 0 Å². The first kappa shape index (κ1) is 38.4. The number of hydrogen-bond acceptors (Lipinski definition) is 0. The number of aromatic nitrogens is 2. The molecule has 14 rings (SSSR count). The molecule has 1 spiro atoms. The number of rotatable bonds is 4. The smallest absolute Gasteiger partial charge is 0.252 e. The van der Waals surface area contributed by atoms with Crippen LogP contribution in [0.2, 0.25) is 0 Å². The van der Waals surface area contributed by atoms with Gasteiger partial charge in [-0.1, -0.05) is 189 Å². The summed E-state index contributed by atoms with van der Waals surface area (Å²) >= 11 is 0. The fraction of sp³-hybridized carbons (Fsp3) is 0.206. The number of benzene rings is 8. The van der Waals surface area contributed by atoms with Gasteiger partial charge in [-0.05, 0) is 125 Å². The molecule has 0 N–H and O–H groups in total. The first-order valence-corrected chi connectivity index (χ1v) is 24.3. The second-order valence-electron chi connectivity index (χ2n) is 21.8. The van der Waals surface area contributed by atoms with E-state index in [2.05, 4.69) is 216 Å². The average molecular weight is 849 g/mol. The van der Waals surface area contributed by atoms with Gasteiger partial charge in [0.1, 0.15) is 0 Å². The number of para-hydroxylation sites is 1. The molecule has 3 aliphatic heterocycles. The van der Waals surface area contributed by atoms with E-state index in [0.717, 1.165) is 12.8 Å². The molecule has 8 aromatic carbocycles. The van der Waals surface area contributed by atoms with E-state index in [1.165, 1.54) is 138 Å². The highest BCUT2D eigenvalue weighted by atomic mass is 15.1. The zero-order chi connectivity index (χ0) is 44.8. The summed E-state index contributed by atoms with van der Waals surface area (Å²) in [6.07, 6.45) is 1.96. The molecule has 0 amide bonds. The molecule has 0 atom stereocenters. The monoisotopic (exact) mass is 848 g/mol. The Bertz CT molecular complexity index is 3740. The summed E-state index contributed by atoms with van der Waals surface area (Å²) in [5.41, 5.74) is 29.5. The molecule has 4 aliphatic rings. The van der Waals surface area contributed by atoms with Crippen molar-refractivity contribution in [1.29, 1.82) is 0 Å². The van der Waals surface area contributed by atoms with Gasteiger partial charge in [-0.2, -0.15) is 0 Å². The van der Waals surface area contributed by atoms with E-state index in [0.29, 0.717) is 0 Å². The van der Waals surface area contributed by atoms with E-state index in [1.54, 1.807) is 0 Å². The number of fused-ring (bicyclic) bond motifs is 11. The van der Waals surface area contributed by atoms with Crippen molar-refractivity contribution in [2.24, 2.45) is 0 Å². The van der Waals surface area contributed by atoms with Crippen LogP contribution in [0.15, 0.2) is 152 Å². The maximum atomic E-state index is 2.76. The predicted octanol–water partition coefficient (Wildman–Crippen LogP) is 13.6. The Labute approximate surface area is 388 Å². The largest absolute Gasteiger partial charge is 0.310 e. The third kappa shape index (κ3) is 4.59. The second-order valence-corrected chi connectivity index (χ2v) is 21.8. The lowest BCUT2D eigenvalue weighted by Gasteiger charge is -2.44. The summed E-state index contributed by atoms with van der Waals surface area (Å²) in [6.45, 7) is 18.6. The van der Waals surface area contributed by atoms with Gasteiger partial charge in [0.05, 0.1) is 16.6 Å². The lowest BCUT2D eigenvalue weighted by molar-refractivity contribution is 0.590. The topological polar surface area (TPSA) is 9.86 Å². The van der Waals surface area contributed by atoms with Crippen LogP contribution in [-0.4, -0.2) is 15.8 Å². The minimum atomic E-state index is -0.491. The van der Waals surface area contributed by atoms with Crippen LogP contribution in [0.4, 0.5) is 0 Å². The van der Waals surface area contributed by atoms with Crippen LogP contribution in [0.1, 0.15) is 99.9 Å². The Morgan fingerprint density at radius 1 is 0.470 bits per heavy atom. The summed E-state index contributed by atoms with van der Waals surface area (Å²) < 4.78 is 5.45. The normalized spacial score (nSPS) is 14.6. The Kier molecular flexibility index (Phi) is 7.42. The molecule has 3 heteroatoms. The summed E-state index contributed by atoms with van der Waals surface area (Å²) in [7, 11) is 0. The van der Waals surface area contributed by atoms with Crippen LogP contribution in [0.25, 0.3) is 77.6 Å². The molecule has 318 valence electrons. The zero-order valence-electron chi connectivity index (χ0n) is 39.3. The molecule has 2 nitrogen and oxygen atoms in total. The second kappa shape index (κ2) is 12.7. The van der Waals surface area contributed by atoms with Crippen LogP contribution < -0.4 is 16.4 Å². The molecule has 0 radical (unpaired) electrons. The van der Waals surface area contributed by atoms with Crippen molar-refractivity contribution in [3.05, 3.63) is 196 Å². The quantitative estimate of drug-likeness (QED) is 0.156. The summed E-state index contributed by atoms with van der Waals surface area (Å²) in [5, 5.41) is 4.09. The highest BCUT2D eigenvalue weighted by molar-refractivity contribution is 7.00. The van der Waals surface area contributed by atoms with Crippen molar-refractivity contribution in [2.75, 3.05) is 0 Å². The molecule has 10 aromatic rings. The summed E-state index contributed by atoms with van der Waals surface area (Å²) in [6, 6.07) is 60.2. The van der Waals surface area contributed by atoms with E-state index in [4.69, 9.17) is 0 Å². The van der Waals surface area contributed by atoms with Crippen LogP contribution in [0.5, 0.6) is 0 Å². The van der Waals surface area contributed by atoms with Gasteiger partial charge in [0.15, 0.2) is 0 Å². The highest BCUT2D eigenvalue weighted by Gasteiger charge is 2.54. The molecule has 0 fully saturated rings. The molecule has 0 saturated heterocycles. The fourth-order valence-electron chi connectivity index (χ4n) is 13.3. The molecule has 1 aliphatic carbocycles. The fourth-order valence-corrected chi connectivity index (χ4v) is 13.3. The SMILES string of the molecule is CCc1cc2c3c(c1)c1cc(CC)cc4c1n3-c1c(ccc3c1B2c1cccc2c(-c5ccc(C(C)(C)C)cc5)c(-c5ccc(C(C)(C)C)cc5)n-3c12)C41c2ccccc2-c2ccccc21. The van der Waals surface area contributed by atoms with Crippen molar-refractivity contribution < 1.29 is 0 Å². The maximum Gasteiger partial charge on any atom is 0.252 e. The van der Waals surface area contributed by atoms with E-state index in [-0.39, 0.29) is 17.5 Å². The van der Waals surface area contributed by atoms with Crippen molar-refractivity contribution in [1.82, 2.24) is 9.13 Å². The lowest BCUT2D eigenvalue weighted by Crippen LogP contribution is -2.60. The summed E-state index contributed by atoms with van der Waals surface area (Å²) in [4.78, 5) is 0. The third-order valence-corrected chi connectivity index (χ3v) is 16.3. The van der Waals surface area contributed by atoms with Gasteiger partial charge in [0, 0.05) is 44.1 Å². The lowest BCUT2D eigenvalue weighted by atomic mass is 9.33. The van der Waals surface area contributed by atoms with E-state index < -0.39 is 5.41 Å². The van der Waals surface area contributed by atoms with Gasteiger partial charge in [-0.3, -0.25) is 0 Å². The molecule has 0 unspecified atom stereocenters. The van der Waals surface area contributed by atoms with Gasteiger partial charge in [0.25, 0.3) is 6.71 Å². The molecular formula is C63H53BN2. The minimum absolute atomic E-state index is 0.0468. The van der Waals surface area contributed by atoms with Crippen molar-refractivity contribution in [3.63, 3.8) is 0 Å². The molecule has 0 bridgehead atoms. The molecule has 5 heterocycles. The first-order chi connectivity index (χ1) is 31.9. The van der Waals surface area contributed by atoms with E-state index in [1.807, 2.05) is 0 Å². The van der Waals surface area contributed by atoms with E-state index >= 15 is 0 Å². The van der Waals surface area contributed by atoms with Gasteiger partial charge < -0.3 is 9.13 Å². The van der Waals surface area contributed by atoms with Gasteiger partial charge >= 0.3 is 0 Å². The average Bonchev–Trinajstić information content (AvgIpc) is 3.96. The molecular weight excluding hydrogens is 796 g/mol. The van der Waals surface area contributed by atoms with Crippen LogP contribution in [-0.2, 0) is 29.1 Å². The van der Waals surface area contributed by atoms with Crippen molar-refractivity contribution in [3.8, 4) is 44.9 Å². The minimum Gasteiger partial charge on any atom is -0.310 e. The maximum absolute atomic E-state index is 2.76. The van der Waals surface area contributed by atoms with Crippen LogP contribution in [0.3, 0.4) is 0 Å². The molecule has 2 aromatic heterocycles. The Morgan fingerprint density at radius 2 is 1.05 bits per heavy atom.